The summed E-state index contributed by atoms with van der Waals surface area (Å²) < 4.78 is 6.16. The third-order valence-corrected chi connectivity index (χ3v) is 7.61. The number of hydrogen-bond acceptors (Lipinski definition) is 3. The first-order valence-electron chi connectivity index (χ1n) is 10.5. The molecule has 28 heavy (non-hydrogen) atoms. The molecule has 2 aromatic carbocycles. The van der Waals surface area contributed by atoms with Gasteiger partial charge in [0.25, 0.3) is 0 Å². The molecule has 1 fully saturated rings. The van der Waals surface area contributed by atoms with Gasteiger partial charge in [-0.2, -0.15) is 0 Å². The van der Waals surface area contributed by atoms with Crippen molar-refractivity contribution in [3.05, 3.63) is 65.2 Å². The standard InChI is InChI=1S/C25H33NO2/c1-18(28-17-19-9-6-5-7-10-19)16-26-14-13-25(4)21-11-8-12-22(27)20(21)15-23(26)24(25,2)3/h5-12,18,23,27H,13-17H2,1-4H3/t18-,23+,25?/m0/s1. The zero-order chi connectivity index (χ0) is 19.9. The SMILES string of the molecule is C[C@@H](CN1CCC2(C)c3cccc(O)c3C[C@@H]1C2(C)C)OCc1ccccc1. The molecule has 1 aliphatic heterocycles. The number of hydrogen-bond donors (Lipinski definition) is 1. The van der Waals surface area contributed by atoms with Gasteiger partial charge < -0.3 is 9.84 Å². The van der Waals surface area contributed by atoms with Crippen molar-refractivity contribution in [3.63, 3.8) is 0 Å². The van der Waals surface area contributed by atoms with Gasteiger partial charge in [-0.15, -0.1) is 0 Å². The van der Waals surface area contributed by atoms with Crippen molar-refractivity contribution in [2.24, 2.45) is 5.41 Å². The molecule has 1 saturated heterocycles. The highest BCUT2D eigenvalue weighted by Gasteiger charge is 2.56. The van der Waals surface area contributed by atoms with Gasteiger partial charge in [-0.1, -0.05) is 63.2 Å². The predicted molar refractivity (Wildman–Crippen MR) is 114 cm³/mol. The van der Waals surface area contributed by atoms with E-state index in [9.17, 15) is 5.11 Å². The zero-order valence-corrected chi connectivity index (χ0v) is 17.6. The lowest BCUT2D eigenvalue weighted by Gasteiger charge is -2.61. The van der Waals surface area contributed by atoms with E-state index in [1.165, 1.54) is 11.1 Å². The van der Waals surface area contributed by atoms with Crippen LogP contribution >= 0.6 is 0 Å². The quantitative estimate of drug-likeness (QED) is 0.801. The minimum Gasteiger partial charge on any atom is -0.508 e. The van der Waals surface area contributed by atoms with Gasteiger partial charge in [-0.25, -0.2) is 0 Å². The first-order valence-corrected chi connectivity index (χ1v) is 10.5. The number of piperidine rings is 1. The fourth-order valence-electron chi connectivity index (χ4n) is 5.45. The molecule has 0 amide bonds. The van der Waals surface area contributed by atoms with Crippen LogP contribution in [-0.4, -0.2) is 35.2 Å². The first kappa shape index (κ1) is 19.5. The average molecular weight is 380 g/mol. The van der Waals surface area contributed by atoms with Crippen LogP contribution < -0.4 is 0 Å². The minimum atomic E-state index is 0.0919. The number of nitrogens with zero attached hydrogens (tertiary/aromatic N) is 1. The highest BCUT2D eigenvalue weighted by Crippen LogP contribution is 2.57. The van der Waals surface area contributed by atoms with Gasteiger partial charge in [0.05, 0.1) is 12.7 Å². The second-order valence-corrected chi connectivity index (χ2v) is 9.43. The summed E-state index contributed by atoms with van der Waals surface area (Å²) in [6.45, 7) is 12.1. The smallest absolute Gasteiger partial charge is 0.119 e. The molecule has 3 heteroatoms. The number of phenols is 1. The lowest BCUT2D eigenvalue weighted by molar-refractivity contribution is -0.0651. The Morgan fingerprint density at radius 1 is 1.11 bits per heavy atom. The van der Waals surface area contributed by atoms with E-state index >= 15 is 0 Å². The summed E-state index contributed by atoms with van der Waals surface area (Å²) in [7, 11) is 0. The molecular formula is C25H33NO2. The van der Waals surface area contributed by atoms with E-state index in [0.29, 0.717) is 18.4 Å². The van der Waals surface area contributed by atoms with Crippen LogP contribution in [0.3, 0.4) is 0 Å². The number of rotatable bonds is 5. The van der Waals surface area contributed by atoms with Gasteiger partial charge >= 0.3 is 0 Å². The molecule has 1 aliphatic carbocycles. The summed E-state index contributed by atoms with van der Waals surface area (Å²) in [4.78, 5) is 2.60. The summed E-state index contributed by atoms with van der Waals surface area (Å²) in [5.41, 5.74) is 3.95. The number of likely N-dealkylation sites (tertiary alicyclic amines) is 1. The van der Waals surface area contributed by atoms with Crippen molar-refractivity contribution in [2.75, 3.05) is 13.1 Å². The monoisotopic (exact) mass is 379 g/mol. The second kappa shape index (κ2) is 7.20. The van der Waals surface area contributed by atoms with Crippen molar-refractivity contribution in [1.29, 1.82) is 0 Å². The Bertz CT molecular complexity index is 832. The predicted octanol–water partition coefficient (Wildman–Crippen LogP) is 4.91. The van der Waals surface area contributed by atoms with Crippen LogP contribution in [0.25, 0.3) is 0 Å². The van der Waals surface area contributed by atoms with Crippen LogP contribution in [-0.2, 0) is 23.2 Å². The van der Waals surface area contributed by atoms with Crippen LogP contribution in [0.15, 0.2) is 48.5 Å². The van der Waals surface area contributed by atoms with Crippen molar-refractivity contribution >= 4 is 0 Å². The number of benzene rings is 2. The Hall–Kier alpha value is -1.84. The van der Waals surface area contributed by atoms with Gasteiger partial charge in [0.15, 0.2) is 0 Å². The van der Waals surface area contributed by atoms with Crippen LogP contribution in [0.4, 0.5) is 0 Å². The third-order valence-electron chi connectivity index (χ3n) is 7.61. The van der Waals surface area contributed by atoms with E-state index in [0.717, 1.165) is 31.5 Å². The maximum Gasteiger partial charge on any atom is 0.119 e. The van der Waals surface area contributed by atoms with E-state index in [1.54, 1.807) is 0 Å². The molecule has 3 atom stereocenters. The number of ether oxygens (including phenoxy) is 1. The Morgan fingerprint density at radius 2 is 1.86 bits per heavy atom. The van der Waals surface area contributed by atoms with Gasteiger partial charge in [0, 0.05) is 18.0 Å². The Morgan fingerprint density at radius 3 is 2.61 bits per heavy atom. The van der Waals surface area contributed by atoms with Gasteiger partial charge in [0.2, 0.25) is 0 Å². The summed E-state index contributed by atoms with van der Waals surface area (Å²) >= 11 is 0. The number of fused-ring (bicyclic) bond motifs is 4. The van der Waals surface area contributed by atoms with Crippen molar-refractivity contribution < 1.29 is 9.84 Å². The molecule has 0 spiro atoms. The Balaban J connectivity index is 1.51. The molecule has 2 bridgehead atoms. The van der Waals surface area contributed by atoms with Gasteiger partial charge in [0.1, 0.15) is 5.75 Å². The Kier molecular flexibility index (Phi) is 5.01. The van der Waals surface area contributed by atoms with Crippen molar-refractivity contribution in [2.45, 2.75) is 64.7 Å². The molecule has 0 aromatic heterocycles. The second-order valence-electron chi connectivity index (χ2n) is 9.43. The molecule has 150 valence electrons. The molecule has 2 aliphatic rings. The van der Waals surface area contributed by atoms with E-state index in [1.807, 2.05) is 18.2 Å². The molecule has 4 rings (SSSR count). The van der Waals surface area contributed by atoms with Gasteiger partial charge in [-0.05, 0) is 54.5 Å². The van der Waals surface area contributed by atoms with Crippen LogP contribution in [0.1, 0.15) is 50.8 Å². The van der Waals surface area contributed by atoms with Gasteiger partial charge in [-0.3, -0.25) is 4.90 Å². The number of phenolic OH excluding ortho intramolecular Hbond substituents is 1. The van der Waals surface area contributed by atoms with E-state index in [2.05, 4.69) is 62.9 Å². The molecule has 1 unspecified atom stereocenters. The minimum absolute atomic E-state index is 0.0919. The lowest BCUT2D eigenvalue weighted by Crippen LogP contribution is -2.64. The summed E-state index contributed by atoms with van der Waals surface area (Å²) in [6.07, 6.45) is 2.19. The fourth-order valence-corrected chi connectivity index (χ4v) is 5.45. The van der Waals surface area contributed by atoms with E-state index in [-0.39, 0.29) is 16.9 Å². The largest absolute Gasteiger partial charge is 0.508 e. The maximum absolute atomic E-state index is 10.5. The van der Waals surface area contributed by atoms with Crippen LogP contribution in [0.2, 0.25) is 0 Å². The first-order chi connectivity index (χ1) is 13.3. The Labute approximate surface area is 169 Å². The van der Waals surface area contributed by atoms with Crippen LogP contribution in [0, 0.1) is 5.41 Å². The van der Waals surface area contributed by atoms with Crippen LogP contribution in [0.5, 0.6) is 5.75 Å². The summed E-state index contributed by atoms with van der Waals surface area (Å²) in [5, 5.41) is 10.5. The normalized spacial score (nSPS) is 27.2. The van der Waals surface area contributed by atoms with Crippen molar-refractivity contribution in [1.82, 2.24) is 4.90 Å². The summed E-state index contributed by atoms with van der Waals surface area (Å²) in [6, 6.07) is 16.9. The molecule has 2 aromatic rings. The molecule has 0 saturated carbocycles. The highest BCUT2D eigenvalue weighted by molar-refractivity contribution is 5.48. The fraction of sp³-hybridized carbons (Fsp3) is 0.520. The highest BCUT2D eigenvalue weighted by atomic mass is 16.5. The van der Waals surface area contributed by atoms with E-state index in [4.69, 9.17) is 4.74 Å². The molecule has 0 radical (unpaired) electrons. The van der Waals surface area contributed by atoms with Crippen molar-refractivity contribution in [3.8, 4) is 5.75 Å². The van der Waals surface area contributed by atoms with E-state index < -0.39 is 0 Å². The molecular weight excluding hydrogens is 346 g/mol. The third kappa shape index (κ3) is 3.15. The summed E-state index contributed by atoms with van der Waals surface area (Å²) in [5.74, 6) is 0.458. The average Bonchev–Trinajstić information content (AvgIpc) is 2.67. The topological polar surface area (TPSA) is 32.7 Å². The molecule has 3 nitrogen and oxygen atoms in total. The number of aromatic hydroxyl groups is 1. The maximum atomic E-state index is 10.5. The molecule has 1 N–H and O–H groups in total. The molecule has 1 heterocycles. The lowest BCUT2D eigenvalue weighted by atomic mass is 9.51. The zero-order valence-electron chi connectivity index (χ0n) is 17.6.